The third-order valence-corrected chi connectivity index (χ3v) is 2.60. The second-order valence-corrected chi connectivity index (χ2v) is 3.24. The van der Waals surface area contributed by atoms with Crippen LogP contribution in [0.15, 0.2) is 24.8 Å². The number of amides is 2. The summed E-state index contributed by atoms with van der Waals surface area (Å²) in [5, 5.41) is 9.27. The molecule has 1 aliphatic heterocycles. The summed E-state index contributed by atoms with van der Waals surface area (Å²) in [6.45, 7) is 3.57. The molecular formula is C9H9NO3. The minimum absolute atomic E-state index is 0.126. The highest BCUT2D eigenvalue weighted by molar-refractivity contribution is 6.05. The van der Waals surface area contributed by atoms with E-state index in [-0.39, 0.29) is 11.0 Å². The van der Waals surface area contributed by atoms with E-state index in [0.717, 1.165) is 0 Å². The van der Waals surface area contributed by atoms with Crippen LogP contribution < -0.4 is 0 Å². The van der Waals surface area contributed by atoms with Gasteiger partial charge in [-0.25, -0.2) is 0 Å². The highest BCUT2D eigenvalue weighted by Crippen LogP contribution is 2.38. The van der Waals surface area contributed by atoms with Crippen molar-refractivity contribution in [2.24, 2.45) is 17.8 Å². The van der Waals surface area contributed by atoms with E-state index in [1.165, 1.54) is 0 Å². The standard InChI is InChI=1S/C9H9NO3/c1-2-5-3-4-6-7(5)9(12)10(13)8(6)11/h2-7,13H,1H2. The van der Waals surface area contributed by atoms with Crippen molar-refractivity contribution in [3.05, 3.63) is 24.8 Å². The van der Waals surface area contributed by atoms with E-state index >= 15 is 0 Å². The quantitative estimate of drug-likeness (QED) is 0.359. The van der Waals surface area contributed by atoms with Gasteiger partial charge in [-0.2, -0.15) is 5.06 Å². The minimum Gasteiger partial charge on any atom is -0.278 e. The molecule has 1 N–H and O–H groups in total. The fourth-order valence-corrected chi connectivity index (χ4v) is 1.90. The van der Waals surface area contributed by atoms with Crippen molar-refractivity contribution in [1.29, 1.82) is 0 Å². The van der Waals surface area contributed by atoms with Crippen LogP contribution in [0.5, 0.6) is 0 Å². The van der Waals surface area contributed by atoms with E-state index in [0.29, 0.717) is 0 Å². The third kappa shape index (κ3) is 0.890. The van der Waals surface area contributed by atoms with Crippen LogP contribution in [0.2, 0.25) is 0 Å². The van der Waals surface area contributed by atoms with Crippen molar-refractivity contribution in [2.75, 3.05) is 0 Å². The maximum atomic E-state index is 11.3. The summed E-state index contributed by atoms with van der Waals surface area (Å²) in [6.07, 6.45) is 5.06. The average Bonchev–Trinajstić information content (AvgIpc) is 2.64. The van der Waals surface area contributed by atoms with E-state index in [1.54, 1.807) is 18.2 Å². The topological polar surface area (TPSA) is 57.6 Å². The molecule has 3 atom stereocenters. The molecule has 68 valence electrons. The Morgan fingerprint density at radius 1 is 1.38 bits per heavy atom. The first-order chi connectivity index (χ1) is 6.16. The molecule has 0 aromatic carbocycles. The van der Waals surface area contributed by atoms with Gasteiger partial charge >= 0.3 is 0 Å². The normalized spacial score (nSPS) is 37.0. The lowest BCUT2D eigenvalue weighted by atomic mass is 9.90. The lowest BCUT2D eigenvalue weighted by Crippen LogP contribution is -2.28. The Kier molecular flexibility index (Phi) is 1.60. The summed E-state index contributed by atoms with van der Waals surface area (Å²) in [5.41, 5.74) is 0. The predicted octanol–water partition coefficient (Wildman–Crippen LogP) is 0.349. The van der Waals surface area contributed by atoms with Crippen molar-refractivity contribution in [1.82, 2.24) is 5.06 Å². The van der Waals surface area contributed by atoms with Gasteiger partial charge in [0.1, 0.15) is 0 Å². The summed E-state index contributed by atoms with van der Waals surface area (Å²) >= 11 is 0. The smallest absolute Gasteiger partial charge is 0.261 e. The van der Waals surface area contributed by atoms with Gasteiger partial charge in [0.2, 0.25) is 0 Å². The van der Waals surface area contributed by atoms with Gasteiger partial charge < -0.3 is 0 Å². The number of imide groups is 1. The first-order valence-electron chi connectivity index (χ1n) is 4.04. The molecule has 2 rings (SSSR count). The zero-order valence-corrected chi connectivity index (χ0v) is 6.88. The second kappa shape index (κ2) is 2.53. The van der Waals surface area contributed by atoms with Crippen LogP contribution in [0.3, 0.4) is 0 Å². The molecule has 1 fully saturated rings. The third-order valence-electron chi connectivity index (χ3n) is 2.60. The molecular weight excluding hydrogens is 170 g/mol. The number of hydroxylamine groups is 2. The van der Waals surface area contributed by atoms with Crippen LogP contribution >= 0.6 is 0 Å². The average molecular weight is 179 g/mol. The van der Waals surface area contributed by atoms with Crippen molar-refractivity contribution in [3.63, 3.8) is 0 Å². The lowest BCUT2D eigenvalue weighted by Gasteiger charge is -2.10. The number of hydrogen-bond donors (Lipinski definition) is 1. The maximum Gasteiger partial charge on any atom is 0.261 e. The Bertz CT molecular complexity index is 321. The summed E-state index contributed by atoms with van der Waals surface area (Å²) < 4.78 is 0. The number of allylic oxidation sites excluding steroid dienone is 2. The van der Waals surface area contributed by atoms with E-state index in [2.05, 4.69) is 6.58 Å². The molecule has 2 aliphatic rings. The molecule has 0 saturated carbocycles. The van der Waals surface area contributed by atoms with Crippen LogP contribution in [0, 0.1) is 17.8 Å². The number of hydrogen-bond acceptors (Lipinski definition) is 3. The van der Waals surface area contributed by atoms with Crippen LogP contribution in [-0.4, -0.2) is 22.1 Å². The number of fused-ring (bicyclic) bond motifs is 1. The molecule has 4 nitrogen and oxygen atoms in total. The predicted molar refractivity (Wildman–Crippen MR) is 43.4 cm³/mol. The Labute approximate surface area is 75.1 Å². The zero-order chi connectivity index (χ0) is 9.59. The van der Waals surface area contributed by atoms with Gasteiger partial charge in [0.15, 0.2) is 0 Å². The minimum atomic E-state index is -0.532. The molecule has 3 unspecified atom stereocenters. The van der Waals surface area contributed by atoms with Gasteiger partial charge in [-0.1, -0.05) is 18.2 Å². The van der Waals surface area contributed by atoms with Gasteiger partial charge in [-0.05, 0) is 0 Å². The largest absolute Gasteiger partial charge is 0.278 e. The van der Waals surface area contributed by atoms with Crippen molar-refractivity contribution >= 4 is 11.8 Å². The second-order valence-electron chi connectivity index (χ2n) is 3.24. The maximum absolute atomic E-state index is 11.3. The fraction of sp³-hybridized carbons (Fsp3) is 0.333. The van der Waals surface area contributed by atoms with Crippen LogP contribution in [0.25, 0.3) is 0 Å². The molecule has 1 aliphatic carbocycles. The fourth-order valence-electron chi connectivity index (χ4n) is 1.90. The highest BCUT2D eigenvalue weighted by atomic mass is 16.5. The van der Waals surface area contributed by atoms with Crippen LogP contribution in [0.1, 0.15) is 0 Å². The lowest BCUT2D eigenvalue weighted by molar-refractivity contribution is -0.173. The molecule has 0 aromatic rings. The van der Waals surface area contributed by atoms with E-state index in [9.17, 15) is 9.59 Å². The molecule has 4 heteroatoms. The Morgan fingerprint density at radius 2 is 2.08 bits per heavy atom. The van der Waals surface area contributed by atoms with E-state index in [4.69, 9.17) is 5.21 Å². The van der Waals surface area contributed by atoms with Crippen molar-refractivity contribution in [3.8, 4) is 0 Å². The first kappa shape index (κ1) is 8.19. The first-order valence-corrected chi connectivity index (χ1v) is 4.04. The number of carbonyl (C=O) groups is 2. The number of nitrogens with zero attached hydrogens (tertiary/aromatic N) is 1. The van der Waals surface area contributed by atoms with Gasteiger partial charge in [-0.15, -0.1) is 6.58 Å². The highest BCUT2D eigenvalue weighted by Gasteiger charge is 2.51. The van der Waals surface area contributed by atoms with Gasteiger partial charge in [0, 0.05) is 5.92 Å². The summed E-state index contributed by atoms with van der Waals surface area (Å²) in [4.78, 5) is 22.6. The molecule has 0 spiro atoms. The zero-order valence-electron chi connectivity index (χ0n) is 6.88. The Balaban J connectivity index is 2.37. The summed E-state index contributed by atoms with van der Waals surface area (Å²) in [5.74, 6) is -2.13. The van der Waals surface area contributed by atoms with E-state index in [1.807, 2.05) is 0 Å². The van der Waals surface area contributed by atoms with E-state index < -0.39 is 23.7 Å². The Hall–Kier alpha value is -1.42. The number of rotatable bonds is 1. The molecule has 0 bridgehead atoms. The molecule has 1 saturated heterocycles. The SMILES string of the molecule is C=CC1C=CC2C(=O)N(O)C(=O)C12. The van der Waals surface area contributed by atoms with Gasteiger partial charge in [-0.3, -0.25) is 14.8 Å². The van der Waals surface area contributed by atoms with Crippen molar-refractivity contribution in [2.45, 2.75) is 0 Å². The van der Waals surface area contributed by atoms with Gasteiger partial charge in [0.25, 0.3) is 11.8 Å². The summed E-state index contributed by atoms with van der Waals surface area (Å²) in [6, 6.07) is 0. The molecule has 2 amide bonds. The molecule has 0 aromatic heterocycles. The summed E-state index contributed by atoms with van der Waals surface area (Å²) in [7, 11) is 0. The number of carbonyl (C=O) groups excluding carboxylic acids is 2. The van der Waals surface area contributed by atoms with Crippen molar-refractivity contribution < 1.29 is 14.8 Å². The van der Waals surface area contributed by atoms with Crippen LogP contribution in [-0.2, 0) is 9.59 Å². The van der Waals surface area contributed by atoms with Crippen LogP contribution in [0.4, 0.5) is 0 Å². The molecule has 13 heavy (non-hydrogen) atoms. The monoisotopic (exact) mass is 179 g/mol. The molecule has 1 heterocycles. The van der Waals surface area contributed by atoms with Gasteiger partial charge in [0.05, 0.1) is 11.8 Å². The Morgan fingerprint density at radius 3 is 2.69 bits per heavy atom. The molecule has 0 radical (unpaired) electrons.